The fourth-order valence-corrected chi connectivity index (χ4v) is 1.87. The van der Waals surface area contributed by atoms with E-state index < -0.39 is 0 Å². The van der Waals surface area contributed by atoms with E-state index in [1.165, 1.54) is 11.3 Å². The number of thiazole rings is 1. The van der Waals surface area contributed by atoms with Crippen LogP contribution in [0, 0.1) is 0 Å². The molecule has 0 atom stereocenters. The molecular weight excluding hydrogens is 189 g/mol. The monoisotopic (exact) mass is 193 g/mol. The van der Waals surface area contributed by atoms with E-state index in [0.29, 0.717) is 4.47 Å². The van der Waals surface area contributed by atoms with Crippen molar-refractivity contribution < 1.29 is 0 Å². The number of para-hydroxylation sites is 1. The van der Waals surface area contributed by atoms with Gasteiger partial charge in [-0.2, -0.15) is 0 Å². The van der Waals surface area contributed by atoms with Gasteiger partial charge in [0, 0.05) is 0 Å². The average Bonchev–Trinajstić information content (AvgIpc) is 2.27. The van der Waals surface area contributed by atoms with Crippen LogP contribution in [0.2, 0.25) is 4.47 Å². The summed E-state index contributed by atoms with van der Waals surface area (Å²) in [5, 5.41) is 0. The SMILES string of the molecule is Clc1nc2ccccc2s1.[NaH]. The van der Waals surface area contributed by atoms with Crippen LogP contribution in [0.4, 0.5) is 0 Å². The fourth-order valence-electron chi connectivity index (χ4n) is 0.844. The zero-order chi connectivity index (χ0) is 6.97. The molecule has 1 nitrogen and oxygen atoms in total. The van der Waals surface area contributed by atoms with E-state index in [9.17, 15) is 0 Å². The van der Waals surface area contributed by atoms with E-state index in [0.717, 1.165) is 10.2 Å². The maximum atomic E-state index is 5.69. The van der Waals surface area contributed by atoms with E-state index in [1.54, 1.807) is 0 Å². The fraction of sp³-hybridized carbons (Fsp3) is 0. The molecule has 0 bridgehead atoms. The van der Waals surface area contributed by atoms with Gasteiger partial charge in [0.15, 0.2) is 4.47 Å². The number of hydrogen-bond acceptors (Lipinski definition) is 2. The van der Waals surface area contributed by atoms with Crippen LogP contribution in [0.1, 0.15) is 0 Å². The number of fused-ring (bicyclic) bond motifs is 1. The summed E-state index contributed by atoms with van der Waals surface area (Å²) in [5.74, 6) is 0. The van der Waals surface area contributed by atoms with E-state index in [4.69, 9.17) is 11.6 Å². The molecule has 52 valence electrons. The molecule has 0 amide bonds. The molecule has 0 radical (unpaired) electrons. The van der Waals surface area contributed by atoms with Gasteiger partial charge in [-0.25, -0.2) is 4.98 Å². The third kappa shape index (κ3) is 1.95. The second-order valence-electron chi connectivity index (χ2n) is 1.93. The summed E-state index contributed by atoms with van der Waals surface area (Å²) in [5.41, 5.74) is 0.984. The third-order valence-electron chi connectivity index (χ3n) is 1.27. The van der Waals surface area contributed by atoms with Crippen molar-refractivity contribution in [3.05, 3.63) is 28.7 Å². The topological polar surface area (TPSA) is 12.9 Å². The number of hydrogen-bond donors (Lipinski definition) is 0. The molecule has 4 heteroatoms. The molecule has 0 fully saturated rings. The Morgan fingerprint density at radius 2 is 2.00 bits per heavy atom. The van der Waals surface area contributed by atoms with Gasteiger partial charge < -0.3 is 0 Å². The van der Waals surface area contributed by atoms with Crippen molar-refractivity contribution in [3.8, 4) is 0 Å². The second kappa shape index (κ2) is 3.87. The van der Waals surface area contributed by atoms with E-state index in [-0.39, 0.29) is 29.6 Å². The normalized spacial score (nSPS) is 9.55. The molecule has 0 saturated carbocycles. The van der Waals surface area contributed by atoms with Crippen LogP contribution in [0.25, 0.3) is 10.2 Å². The Hall–Kier alpha value is 0.400. The van der Waals surface area contributed by atoms with Crippen molar-refractivity contribution in [2.75, 3.05) is 0 Å². The van der Waals surface area contributed by atoms with Gasteiger partial charge in [0.05, 0.1) is 10.2 Å². The molecule has 0 aliphatic heterocycles. The van der Waals surface area contributed by atoms with Gasteiger partial charge in [0.1, 0.15) is 0 Å². The summed E-state index contributed by atoms with van der Waals surface area (Å²) in [6.45, 7) is 0. The molecule has 11 heavy (non-hydrogen) atoms. The first-order chi connectivity index (χ1) is 4.86. The first-order valence-electron chi connectivity index (χ1n) is 2.87. The first kappa shape index (κ1) is 9.49. The molecule has 1 aromatic heterocycles. The molecule has 0 saturated heterocycles. The minimum atomic E-state index is 0. The molecule has 0 unspecified atom stereocenters. The van der Waals surface area contributed by atoms with Gasteiger partial charge in [-0.3, -0.25) is 0 Å². The Balaban J connectivity index is 0.000000605. The van der Waals surface area contributed by atoms with E-state index in [1.807, 2.05) is 24.3 Å². The van der Waals surface area contributed by atoms with Crippen molar-refractivity contribution >= 4 is 62.7 Å². The summed E-state index contributed by atoms with van der Waals surface area (Å²) in [6, 6.07) is 7.91. The molecule has 2 rings (SSSR count). The zero-order valence-electron chi connectivity index (χ0n) is 5.04. The summed E-state index contributed by atoms with van der Waals surface area (Å²) in [6.07, 6.45) is 0. The Morgan fingerprint density at radius 1 is 1.27 bits per heavy atom. The van der Waals surface area contributed by atoms with Gasteiger partial charge in [-0.05, 0) is 12.1 Å². The minimum absolute atomic E-state index is 0. The van der Waals surface area contributed by atoms with Crippen LogP contribution >= 0.6 is 22.9 Å². The van der Waals surface area contributed by atoms with Crippen molar-refractivity contribution in [1.29, 1.82) is 0 Å². The van der Waals surface area contributed by atoms with Gasteiger partial charge in [0.25, 0.3) is 0 Å². The summed E-state index contributed by atoms with van der Waals surface area (Å²) in [4.78, 5) is 4.10. The summed E-state index contributed by atoms with van der Waals surface area (Å²) < 4.78 is 1.76. The maximum absolute atomic E-state index is 5.69. The number of rotatable bonds is 0. The second-order valence-corrected chi connectivity index (χ2v) is 3.55. The van der Waals surface area contributed by atoms with E-state index in [2.05, 4.69) is 4.98 Å². The van der Waals surface area contributed by atoms with Crippen LogP contribution in [0.3, 0.4) is 0 Å². The molecule has 0 N–H and O–H groups in total. The Morgan fingerprint density at radius 3 is 2.73 bits per heavy atom. The number of halogens is 1. The molecule has 0 spiro atoms. The summed E-state index contributed by atoms with van der Waals surface area (Å²) in [7, 11) is 0. The van der Waals surface area contributed by atoms with Crippen molar-refractivity contribution in [1.82, 2.24) is 4.98 Å². The zero-order valence-corrected chi connectivity index (χ0v) is 6.62. The van der Waals surface area contributed by atoms with Crippen LogP contribution in [0.5, 0.6) is 0 Å². The van der Waals surface area contributed by atoms with Gasteiger partial charge in [-0.15, -0.1) is 11.3 Å². The van der Waals surface area contributed by atoms with Crippen molar-refractivity contribution in [3.63, 3.8) is 0 Å². The quantitative estimate of drug-likeness (QED) is 0.585. The molecule has 0 aliphatic rings. The molecule has 2 aromatic rings. The Kier molecular flexibility index (Phi) is 3.34. The van der Waals surface area contributed by atoms with Crippen LogP contribution in [-0.2, 0) is 0 Å². The first-order valence-corrected chi connectivity index (χ1v) is 4.07. The number of aromatic nitrogens is 1. The van der Waals surface area contributed by atoms with Gasteiger partial charge in [-0.1, -0.05) is 23.7 Å². The van der Waals surface area contributed by atoms with Gasteiger partial charge in [0.2, 0.25) is 0 Å². The van der Waals surface area contributed by atoms with Crippen LogP contribution < -0.4 is 0 Å². The van der Waals surface area contributed by atoms with Crippen molar-refractivity contribution in [2.45, 2.75) is 0 Å². The van der Waals surface area contributed by atoms with Crippen LogP contribution in [0.15, 0.2) is 24.3 Å². The van der Waals surface area contributed by atoms with Crippen LogP contribution in [-0.4, -0.2) is 34.5 Å². The third-order valence-corrected chi connectivity index (χ3v) is 2.41. The number of nitrogens with zero attached hydrogens (tertiary/aromatic N) is 1. The van der Waals surface area contributed by atoms with E-state index >= 15 is 0 Å². The predicted molar refractivity (Wildman–Crippen MR) is 51.8 cm³/mol. The van der Waals surface area contributed by atoms with Crippen molar-refractivity contribution in [2.24, 2.45) is 0 Å². The Labute approximate surface area is 95.7 Å². The average molecular weight is 194 g/mol. The molecule has 1 heterocycles. The standard InChI is InChI=1S/C7H4ClNS.Na.H/c8-7-9-5-3-1-2-4-6(5)10-7;;/h1-4H;;. The summed E-state index contributed by atoms with van der Waals surface area (Å²) >= 11 is 7.20. The molecular formula is C7H5ClNNaS. The van der Waals surface area contributed by atoms with Gasteiger partial charge >= 0.3 is 29.6 Å². The molecule has 0 aliphatic carbocycles. The number of benzene rings is 1. The Bertz CT molecular complexity index is 327. The predicted octanol–water partition coefficient (Wildman–Crippen LogP) is 2.30. The molecule has 1 aromatic carbocycles.